The number of aromatic nitrogens is 4. The number of hydrogen-bond donors (Lipinski definition) is 1. The summed E-state index contributed by atoms with van der Waals surface area (Å²) in [5, 5.41) is 9.77. The number of fused-ring (bicyclic) bond motifs is 1. The second-order valence-corrected chi connectivity index (χ2v) is 8.17. The molecule has 2 aromatic heterocycles. The zero-order valence-electron chi connectivity index (χ0n) is 17.1. The van der Waals surface area contributed by atoms with Crippen molar-refractivity contribution >= 4 is 28.4 Å². The molecule has 0 aliphatic carbocycles. The Kier molecular flexibility index (Phi) is 5.86. The summed E-state index contributed by atoms with van der Waals surface area (Å²) in [6, 6.07) is 16.0. The van der Waals surface area contributed by atoms with Gasteiger partial charge < -0.3 is 9.55 Å². The summed E-state index contributed by atoms with van der Waals surface area (Å²) >= 11 is 1.43. The summed E-state index contributed by atoms with van der Waals surface area (Å²) < 4.78 is 1.98. The first-order valence-corrected chi connectivity index (χ1v) is 10.9. The van der Waals surface area contributed by atoms with Gasteiger partial charge in [0.25, 0.3) is 0 Å². The number of carbonyl (C=O) groups excluding carboxylic acids is 1. The fourth-order valence-corrected chi connectivity index (χ4v) is 4.81. The van der Waals surface area contributed by atoms with E-state index in [0.717, 1.165) is 28.7 Å². The summed E-state index contributed by atoms with van der Waals surface area (Å²) in [7, 11) is 0. The molecule has 6 heteroatoms. The number of Topliss-reactive ketones (excluding diaryl/α,β-unsaturated/α-hetero) is 1. The maximum atomic E-state index is 13.8. The summed E-state index contributed by atoms with van der Waals surface area (Å²) in [6.07, 6.45) is 4.56. The summed E-state index contributed by atoms with van der Waals surface area (Å²) in [5.74, 6) is 0.854. The van der Waals surface area contributed by atoms with E-state index in [0.29, 0.717) is 17.3 Å². The molecule has 0 spiro atoms. The Labute approximate surface area is 180 Å². The highest BCUT2D eigenvalue weighted by molar-refractivity contribution is 8.00. The molecular weight excluding hydrogens is 392 g/mol. The number of aromatic amines is 1. The average molecular weight is 417 g/mol. The fraction of sp³-hybridized carbons (Fsp3) is 0.208. The van der Waals surface area contributed by atoms with Crippen molar-refractivity contribution in [2.24, 2.45) is 0 Å². The van der Waals surface area contributed by atoms with E-state index in [1.165, 1.54) is 17.3 Å². The Morgan fingerprint density at radius 3 is 2.73 bits per heavy atom. The molecule has 0 saturated heterocycles. The Balaban J connectivity index is 1.78. The zero-order valence-corrected chi connectivity index (χ0v) is 17.9. The number of nitrogens with one attached hydrogen (secondary N) is 1. The fourth-order valence-electron chi connectivity index (χ4n) is 3.65. The number of allylic oxidation sites excluding steroid dienone is 1. The lowest BCUT2D eigenvalue weighted by molar-refractivity contribution is 0.0991. The number of thioether (sulfide) groups is 1. The van der Waals surface area contributed by atoms with Crippen molar-refractivity contribution in [1.29, 1.82) is 0 Å². The molecular formula is C24H24N4OS. The van der Waals surface area contributed by atoms with Crippen molar-refractivity contribution in [3.63, 3.8) is 0 Å². The molecule has 30 heavy (non-hydrogen) atoms. The van der Waals surface area contributed by atoms with Crippen LogP contribution in [0, 0.1) is 6.92 Å². The van der Waals surface area contributed by atoms with Gasteiger partial charge in [0.05, 0.1) is 0 Å². The van der Waals surface area contributed by atoms with Crippen LogP contribution in [-0.4, -0.2) is 25.5 Å². The smallest absolute Gasteiger partial charge is 0.192 e. The number of rotatable bonds is 8. The molecule has 4 aromatic rings. The van der Waals surface area contributed by atoms with Crippen molar-refractivity contribution in [2.45, 2.75) is 37.2 Å². The molecule has 0 bridgehead atoms. The Morgan fingerprint density at radius 1 is 1.20 bits per heavy atom. The van der Waals surface area contributed by atoms with Gasteiger partial charge in [0.15, 0.2) is 10.9 Å². The first kappa shape index (κ1) is 20.2. The minimum absolute atomic E-state index is 0.0523. The number of benzene rings is 2. The molecule has 1 atom stereocenters. The molecule has 2 heterocycles. The molecule has 0 radical (unpaired) electrons. The molecule has 1 N–H and O–H groups in total. The third-order valence-electron chi connectivity index (χ3n) is 5.23. The molecule has 0 saturated carbocycles. The third kappa shape index (κ3) is 3.71. The first-order valence-electron chi connectivity index (χ1n) is 9.99. The maximum absolute atomic E-state index is 13.8. The van der Waals surface area contributed by atoms with Gasteiger partial charge in [-0.25, -0.2) is 0 Å². The van der Waals surface area contributed by atoms with Crippen LogP contribution in [0.2, 0.25) is 0 Å². The highest BCUT2D eigenvalue weighted by Gasteiger charge is 2.28. The van der Waals surface area contributed by atoms with E-state index >= 15 is 0 Å². The molecule has 4 rings (SSSR count). The third-order valence-corrected chi connectivity index (χ3v) is 6.46. The number of ketones is 1. The van der Waals surface area contributed by atoms with Crippen molar-refractivity contribution < 1.29 is 4.79 Å². The lowest BCUT2D eigenvalue weighted by atomic mass is 10.0. The minimum Gasteiger partial charge on any atom is -0.360 e. The number of para-hydroxylation sites is 1. The second-order valence-electron chi connectivity index (χ2n) is 7.10. The van der Waals surface area contributed by atoms with Crippen LogP contribution in [0.25, 0.3) is 10.9 Å². The summed E-state index contributed by atoms with van der Waals surface area (Å²) in [6.45, 7) is 8.45. The minimum atomic E-state index is -0.428. The van der Waals surface area contributed by atoms with Gasteiger partial charge >= 0.3 is 0 Å². The van der Waals surface area contributed by atoms with Crippen LogP contribution >= 0.6 is 11.8 Å². The molecule has 0 aliphatic heterocycles. The lowest BCUT2D eigenvalue weighted by Crippen LogP contribution is -2.11. The molecule has 5 nitrogen and oxygen atoms in total. The summed E-state index contributed by atoms with van der Waals surface area (Å²) in [4.78, 5) is 17.1. The number of nitrogens with zero attached hydrogens (tertiary/aromatic N) is 3. The highest BCUT2D eigenvalue weighted by Crippen LogP contribution is 2.38. The van der Waals surface area contributed by atoms with Gasteiger partial charge in [-0.1, -0.05) is 73.3 Å². The standard InChI is InChI=1S/C24H24N4OS/c1-4-14-28-16(3)26-27-24(28)30-23(18-10-7-6-8-11-18)22(29)20-15-25-21-17(5-2)12-9-13-19(20)21/h4,6-13,15,23,25H,1,5,14H2,2-3H3/t23-/m1/s1. The van der Waals surface area contributed by atoms with E-state index in [9.17, 15) is 4.79 Å². The van der Waals surface area contributed by atoms with Gasteiger partial charge in [0.2, 0.25) is 0 Å². The topological polar surface area (TPSA) is 63.6 Å². The van der Waals surface area contributed by atoms with Gasteiger partial charge in [-0.15, -0.1) is 16.8 Å². The van der Waals surface area contributed by atoms with Gasteiger partial charge in [-0.3, -0.25) is 4.79 Å². The average Bonchev–Trinajstić information content (AvgIpc) is 3.36. The van der Waals surface area contributed by atoms with Crippen molar-refractivity contribution in [3.05, 3.63) is 89.9 Å². The molecule has 0 aliphatic rings. The second kappa shape index (κ2) is 8.71. The largest absolute Gasteiger partial charge is 0.360 e. The van der Waals surface area contributed by atoms with Gasteiger partial charge in [0, 0.05) is 29.2 Å². The summed E-state index contributed by atoms with van der Waals surface area (Å²) in [5.41, 5.74) is 3.88. The van der Waals surface area contributed by atoms with E-state index in [-0.39, 0.29) is 5.78 Å². The molecule has 2 aromatic carbocycles. The molecule has 152 valence electrons. The number of hydrogen-bond acceptors (Lipinski definition) is 4. The number of carbonyl (C=O) groups is 1. The quantitative estimate of drug-likeness (QED) is 0.233. The monoisotopic (exact) mass is 416 g/mol. The molecule has 0 unspecified atom stereocenters. The van der Waals surface area contributed by atoms with Crippen LogP contribution in [-0.2, 0) is 13.0 Å². The van der Waals surface area contributed by atoms with Crippen molar-refractivity contribution in [3.8, 4) is 0 Å². The maximum Gasteiger partial charge on any atom is 0.192 e. The van der Waals surface area contributed by atoms with Crippen molar-refractivity contribution in [1.82, 2.24) is 19.7 Å². The zero-order chi connectivity index (χ0) is 21.1. The van der Waals surface area contributed by atoms with Crippen molar-refractivity contribution in [2.75, 3.05) is 0 Å². The SMILES string of the molecule is C=CCn1c(C)nnc1S[C@@H](C(=O)c1c[nH]c2c(CC)cccc12)c1ccccc1. The van der Waals surface area contributed by atoms with Crippen LogP contribution in [0.3, 0.4) is 0 Å². The van der Waals surface area contributed by atoms with E-state index in [4.69, 9.17) is 0 Å². The number of H-pyrrole nitrogens is 1. The van der Waals surface area contributed by atoms with Crippen LogP contribution in [0.4, 0.5) is 0 Å². The van der Waals surface area contributed by atoms with E-state index in [1.807, 2.05) is 66.2 Å². The van der Waals surface area contributed by atoms with Crippen LogP contribution < -0.4 is 0 Å². The highest BCUT2D eigenvalue weighted by atomic mass is 32.2. The normalized spacial score (nSPS) is 12.2. The van der Waals surface area contributed by atoms with Gasteiger partial charge in [0.1, 0.15) is 11.1 Å². The Morgan fingerprint density at radius 2 is 2.00 bits per heavy atom. The Bertz CT molecular complexity index is 1190. The molecule has 0 fully saturated rings. The Hall–Kier alpha value is -3.12. The van der Waals surface area contributed by atoms with E-state index in [2.05, 4.69) is 34.8 Å². The van der Waals surface area contributed by atoms with Crippen LogP contribution in [0.5, 0.6) is 0 Å². The first-order chi connectivity index (χ1) is 14.6. The lowest BCUT2D eigenvalue weighted by Gasteiger charge is -2.16. The predicted octanol–water partition coefficient (Wildman–Crippen LogP) is 5.53. The van der Waals surface area contributed by atoms with E-state index < -0.39 is 5.25 Å². The number of aryl methyl sites for hydroxylation is 2. The van der Waals surface area contributed by atoms with Crippen LogP contribution in [0.15, 0.2) is 72.5 Å². The predicted molar refractivity (Wildman–Crippen MR) is 122 cm³/mol. The van der Waals surface area contributed by atoms with Gasteiger partial charge in [-0.05, 0) is 24.5 Å². The van der Waals surface area contributed by atoms with Gasteiger partial charge in [-0.2, -0.15) is 0 Å². The van der Waals surface area contributed by atoms with E-state index in [1.54, 1.807) is 0 Å². The van der Waals surface area contributed by atoms with Crippen LogP contribution in [0.1, 0.15) is 39.5 Å². The molecule has 0 amide bonds.